The smallest absolute Gasteiger partial charge is 0.119 e. The van der Waals surface area contributed by atoms with Gasteiger partial charge in [0.1, 0.15) is 12.4 Å². The lowest BCUT2D eigenvalue weighted by atomic mass is 10.1. The summed E-state index contributed by atoms with van der Waals surface area (Å²) < 4.78 is 5.65. The Labute approximate surface area is 105 Å². The minimum Gasteiger partial charge on any atom is -0.489 e. The van der Waals surface area contributed by atoms with E-state index in [0.717, 1.165) is 17.9 Å². The first-order valence-corrected chi connectivity index (χ1v) is 5.98. The molecule has 1 N–H and O–H groups in total. The van der Waals surface area contributed by atoms with Crippen LogP contribution in [-0.2, 0) is 0 Å². The molecule has 94 valence electrons. The maximum absolute atomic E-state index is 5.65. The van der Waals surface area contributed by atoms with Crippen LogP contribution >= 0.6 is 0 Å². The Bertz CT molecular complexity index is 360. The van der Waals surface area contributed by atoms with Crippen molar-refractivity contribution < 1.29 is 4.74 Å². The molecule has 0 unspecified atom stereocenters. The summed E-state index contributed by atoms with van der Waals surface area (Å²) in [6.07, 6.45) is 0. The fourth-order valence-corrected chi connectivity index (χ4v) is 1.26. The molecule has 0 radical (unpaired) electrons. The number of hydrogen-bond donors (Lipinski definition) is 1. The van der Waals surface area contributed by atoms with E-state index < -0.39 is 0 Å². The Kier molecular flexibility index (Phi) is 4.76. The summed E-state index contributed by atoms with van der Waals surface area (Å²) in [6, 6.07) is 8.07. The van der Waals surface area contributed by atoms with Crippen molar-refractivity contribution in [1.82, 2.24) is 5.32 Å². The Morgan fingerprint density at radius 2 is 1.82 bits per heavy atom. The van der Waals surface area contributed by atoms with Gasteiger partial charge in [-0.05, 0) is 45.4 Å². The minimum absolute atomic E-state index is 0.118. The Morgan fingerprint density at radius 1 is 1.24 bits per heavy atom. The zero-order chi connectivity index (χ0) is 12.9. The van der Waals surface area contributed by atoms with Gasteiger partial charge in [-0.25, -0.2) is 0 Å². The molecule has 0 atom stereocenters. The first kappa shape index (κ1) is 13.8. The highest BCUT2D eigenvalue weighted by atomic mass is 16.5. The molecule has 0 saturated heterocycles. The maximum atomic E-state index is 5.65. The van der Waals surface area contributed by atoms with Crippen molar-refractivity contribution in [3.63, 3.8) is 0 Å². The molecular weight excluding hydrogens is 210 g/mol. The first-order valence-electron chi connectivity index (χ1n) is 5.98. The summed E-state index contributed by atoms with van der Waals surface area (Å²) in [5.74, 6) is 0.896. The van der Waals surface area contributed by atoms with Gasteiger partial charge in [0.15, 0.2) is 0 Å². The van der Waals surface area contributed by atoms with Crippen molar-refractivity contribution >= 4 is 0 Å². The first-order chi connectivity index (χ1) is 7.87. The normalized spacial score (nSPS) is 11.3. The SMILES string of the molecule is C=C(CNC(C)(C)C)COc1ccc(C)cc1. The average Bonchev–Trinajstić information content (AvgIpc) is 2.25. The summed E-state index contributed by atoms with van der Waals surface area (Å²) in [7, 11) is 0. The molecule has 0 spiro atoms. The third-order valence-electron chi connectivity index (χ3n) is 2.33. The third kappa shape index (κ3) is 6.12. The van der Waals surface area contributed by atoms with E-state index in [1.807, 2.05) is 24.3 Å². The van der Waals surface area contributed by atoms with Gasteiger partial charge in [-0.15, -0.1) is 0 Å². The van der Waals surface area contributed by atoms with Crippen LogP contribution in [0.25, 0.3) is 0 Å². The van der Waals surface area contributed by atoms with Crippen LogP contribution in [0.1, 0.15) is 26.3 Å². The molecule has 2 nitrogen and oxygen atoms in total. The number of benzene rings is 1. The second-order valence-electron chi connectivity index (χ2n) is 5.46. The number of aryl methyl sites for hydroxylation is 1. The van der Waals surface area contributed by atoms with E-state index >= 15 is 0 Å². The molecule has 0 fully saturated rings. The fraction of sp³-hybridized carbons (Fsp3) is 0.467. The zero-order valence-electron chi connectivity index (χ0n) is 11.3. The molecule has 17 heavy (non-hydrogen) atoms. The van der Waals surface area contributed by atoms with Gasteiger partial charge in [0.05, 0.1) is 0 Å². The predicted octanol–water partition coefficient (Wildman–Crippen LogP) is 3.32. The van der Waals surface area contributed by atoms with Gasteiger partial charge < -0.3 is 10.1 Å². The van der Waals surface area contributed by atoms with Crippen molar-refractivity contribution in [3.05, 3.63) is 42.0 Å². The molecule has 1 aromatic rings. The summed E-state index contributed by atoms with van der Waals surface area (Å²) in [5, 5.41) is 3.39. The van der Waals surface area contributed by atoms with E-state index in [9.17, 15) is 0 Å². The molecule has 0 bridgehead atoms. The Hall–Kier alpha value is -1.28. The second-order valence-corrected chi connectivity index (χ2v) is 5.46. The molecule has 1 aromatic carbocycles. The average molecular weight is 233 g/mol. The van der Waals surface area contributed by atoms with Gasteiger partial charge in [0.2, 0.25) is 0 Å². The highest BCUT2D eigenvalue weighted by Crippen LogP contribution is 2.12. The Balaban J connectivity index is 2.31. The van der Waals surface area contributed by atoms with E-state index in [0.29, 0.717) is 6.61 Å². The van der Waals surface area contributed by atoms with Crippen molar-refractivity contribution in [2.45, 2.75) is 33.2 Å². The lowest BCUT2D eigenvalue weighted by molar-refractivity contribution is 0.341. The van der Waals surface area contributed by atoms with E-state index in [-0.39, 0.29) is 5.54 Å². The lowest BCUT2D eigenvalue weighted by Gasteiger charge is -2.21. The number of hydrogen-bond acceptors (Lipinski definition) is 2. The van der Waals surface area contributed by atoms with Crippen LogP contribution in [0.4, 0.5) is 0 Å². The number of nitrogens with one attached hydrogen (secondary N) is 1. The Morgan fingerprint density at radius 3 is 2.35 bits per heavy atom. The minimum atomic E-state index is 0.118. The molecule has 1 rings (SSSR count). The molecule has 0 aliphatic heterocycles. The third-order valence-corrected chi connectivity index (χ3v) is 2.33. The van der Waals surface area contributed by atoms with Gasteiger partial charge in [-0.2, -0.15) is 0 Å². The summed E-state index contributed by atoms with van der Waals surface area (Å²) in [4.78, 5) is 0. The molecule has 2 heteroatoms. The van der Waals surface area contributed by atoms with Crippen molar-refractivity contribution in [2.24, 2.45) is 0 Å². The van der Waals surface area contributed by atoms with Crippen LogP contribution in [0.5, 0.6) is 5.75 Å². The topological polar surface area (TPSA) is 21.3 Å². The van der Waals surface area contributed by atoms with Crippen LogP contribution in [-0.4, -0.2) is 18.7 Å². The number of rotatable bonds is 5. The van der Waals surface area contributed by atoms with Crippen LogP contribution in [0.2, 0.25) is 0 Å². The number of ether oxygens (including phenoxy) is 1. The second kappa shape index (κ2) is 5.87. The van der Waals surface area contributed by atoms with Crippen LogP contribution in [0, 0.1) is 6.92 Å². The van der Waals surface area contributed by atoms with Crippen LogP contribution in [0.3, 0.4) is 0 Å². The van der Waals surface area contributed by atoms with Gasteiger partial charge >= 0.3 is 0 Å². The molecular formula is C15H23NO. The summed E-state index contributed by atoms with van der Waals surface area (Å²) in [5.41, 5.74) is 2.42. The van der Waals surface area contributed by atoms with Crippen molar-refractivity contribution in [1.29, 1.82) is 0 Å². The summed E-state index contributed by atoms with van der Waals surface area (Å²) >= 11 is 0. The maximum Gasteiger partial charge on any atom is 0.119 e. The standard InChI is InChI=1S/C15H23NO/c1-12-6-8-14(9-7-12)17-11-13(2)10-16-15(3,4)5/h6-9,16H,2,10-11H2,1,3-5H3. The lowest BCUT2D eigenvalue weighted by Crippen LogP contribution is -2.37. The largest absolute Gasteiger partial charge is 0.489 e. The van der Waals surface area contributed by atoms with Crippen molar-refractivity contribution in [2.75, 3.05) is 13.2 Å². The van der Waals surface area contributed by atoms with E-state index in [4.69, 9.17) is 4.74 Å². The molecule has 0 heterocycles. The highest BCUT2D eigenvalue weighted by molar-refractivity contribution is 5.26. The fourth-order valence-electron chi connectivity index (χ4n) is 1.26. The van der Waals surface area contributed by atoms with E-state index in [2.05, 4.69) is 39.6 Å². The molecule has 0 aliphatic carbocycles. The molecule has 0 aliphatic rings. The molecule has 0 saturated carbocycles. The predicted molar refractivity (Wildman–Crippen MR) is 73.6 cm³/mol. The highest BCUT2D eigenvalue weighted by Gasteiger charge is 2.08. The van der Waals surface area contributed by atoms with E-state index in [1.54, 1.807) is 0 Å². The van der Waals surface area contributed by atoms with Gasteiger partial charge in [-0.3, -0.25) is 0 Å². The van der Waals surface area contributed by atoms with Crippen LogP contribution in [0.15, 0.2) is 36.4 Å². The monoisotopic (exact) mass is 233 g/mol. The molecule has 0 amide bonds. The van der Waals surface area contributed by atoms with Gasteiger partial charge in [0.25, 0.3) is 0 Å². The molecule has 0 aromatic heterocycles. The zero-order valence-corrected chi connectivity index (χ0v) is 11.3. The summed E-state index contributed by atoms with van der Waals surface area (Å²) in [6.45, 7) is 13.8. The van der Waals surface area contributed by atoms with Crippen molar-refractivity contribution in [3.8, 4) is 5.75 Å². The quantitative estimate of drug-likeness (QED) is 0.788. The van der Waals surface area contributed by atoms with Crippen LogP contribution < -0.4 is 10.1 Å². The van der Waals surface area contributed by atoms with Gasteiger partial charge in [0, 0.05) is 12.1 Å². The van der Waals surface area contributed by atoms with E-state index in [1.165, 1.54) is 5.56 Å². The van der Waals surface area contributed by atoms with Gasteiger partial charge in [-0.1, -0.05) is 24.3 Å².